The van der Waals surface area contributed by atoms with Crippen LogP contribution in [0.5, 0.6) is 0 Å². The second-order valence-electron chi connectivity index (χ2n) is 18.4. The molecule has 0 amide bonds. The molecule has 9 aromatic rings. The van der Waals surface area contributed by atoms with Gasteiger partial charge in [0.05, 0.1) is 23.1 Å². The third kappa shape index (κ3) is 9.63. The number of hydrogen-bond acceptors (Lipinski definition) is 9. The fourth-order valence-corrected chi connectivity index (χ4v) is 10.7. The normalized spacial score (nSPS) is 13.1. The van der Waals surface area contributed by atoms with Crippen molar-refractivity contribution in [3.8, 4) is 44.8 Å². The van der Waals surface area contributed by atoms with Gasteiger partial charge in [-0.2, -0.15) is 8.75 Å². The van der Waals surface area contributed by atoms with E-state index in [1.165, 1.54) is 79.2 Å². The first-order chi connectivity index (χ1) is 34.5. The van der Waals surface area contributed by atoms with Gasteiger partial charge in [-0.05, 0) is 85.0 Å². The molecule has 0 atom stereocenters. The summed E-state index contributed by atoms with van der Waals surface area (Å²) in [5.41, 5.74) is 18.1. The van der Waals surface area contributed by atoms with Crippen molar-refractivity contribution in [1.82, 2.24) is 18.7 Å². The summed E-state index contributed by atoms with van der Waals surface area (Å²) in [6.45, 7) is 9.02. The predicted molar refractivity (Wildman–Crippen MR) is 289 cm³/mol. The number of hydrogen-bond donors (Lipinski definition) is 0. The first-order valence-electron chi connectivity index (χ1n) is 25.1. The van der Waals surface area contributed by atoms with Crippen LogP contribution in [0.3, 0.4) is 0 Å². The van der Waals surface area contributed by atoms with Crippen LogP contribution in [-0.2, 0) is 12.8 Å². The van der Waals surface area contributed by atoms with Crippen molar-refractivity contribution in [2.24, 2.45) is 0 Å². The van der Waals surface area contributed by atoms with Crippen molar-refractivity contribution >= 4 is 56.7 Å². The molecule has 4 heterocycles. The molecule has 70 heavy (non-hydrogen) atoms. The third-order valence-electron chi connectivity index (χ3n) is 13.7. The van der Waals surface area contributed by atoms with Gasteiger partial charge in [0.2, 0.25) is 11.6 Å². The number of rotatable bonds is 14. The Balaban J connectivity index is 0.000000301. The molecule has 2 aliphatic rings. The van der Waals surface area contributed by atoms with Gasteiger partial charge in [-0.3, -0.25) is 9.59 Å². The number of aromatic nitrogens is 4. The summed E-state index contributed by atoms with van der Waals surface area (Å²) >= 11 is 1.29. The van der Waals surface area contributed by atoms with Crippen LogP contribution in [0.4, 0.5) is 11.4 Å². The average Bonchev–Trinajstić information content (AvgIpc) is 3.91. The van der Waals surface area contributed by atoms with Crippen molar-refractivity contribution in [3.63, 3.8) is 0 Å². The summed E-state index contributed by atoms with van der Waals surface area (Å²) in [7, 11) is 0. The number of anilines is 2. The van der Waals surface area contributed by atoms with Gasteiger partial charge in [-0.25, -0.2) is 9.97 Å². The molecule has 0 fully saturated rings. The van der Waals surface area contributed by atoms with Gasteiger partial charge in [0, 0.05) is 70.9 Å². The van der Waals surface area contributed by atoms with E-state index in [-0.39, 0.29) is 0 Å². The van der Waals surface area contributed by atoms with E-state index in [0.29, 0.717) is 11.1 Å². The molecule has 0 N–H and O–H groups in total. The summed E-state index contributed by atoms with van der Waals surface area (Å²) in [6.07, 6.45) is 10.6. The fraction of sp³-hybridized carbons (Fsp3) is 0.246. The number of aryl methyl sites for hydroxylation is 2. The van der Waals surface area contributed by atoms with Crippen molar-refractivity contribution in [3.05, 3.63) is 180 Å². The third-order valence-corrected chi connectivity index (χ3v) is 14.2. The minimum atomic E-state index is -0.466. The monoisotopic (exact) mass is 938 g/mol. The number of ketones is 2. The Hall–Kier alpha value is -7.36. The maximum atomic E-state index is 11.8. The van der Waals surface area contributed by atoms with Gasteiger partial charge >= 0.3 is 0 Å². The summed E-state index contributed by atoms with van der Waals surface area (Å²) in [5, 5.41) is 0. The van der Waals surface area contributed by atoms with Crippen LogP contribution < -0.4 is 9.80 Å². The summed E-state index contributed by atoms with van der Waals surface area (Å²) in [4.78, 5) is 40.1. The molecule has 0 aliphatic carbocycles. The Bertz CT molecular complexity index is 3220. The lowest BCUT2D eigenvalue weighted by atomic mass is 9.90. The number of nitrogens with zero attached hydrogens (tertiary/aromatic N) is 6. The van der Waals surface area contributed by atoms with E-state index in [1.54, 1.807) is 48.5 Å². The highest BCUT2D eigenvalue weighted by Gasteiger charge is 2.28. The minimum absolute atomic E-state index is 0.427. The van der Waals surface area contributed by atoms with Crippen LogP contribution in [0, 0.1) is 0 Å². The Kier molecular flexibility index (Phi) is 14.3. The van der Waals surface area contributed by atoms with Crippen LogP contribution in [0.2, 0.25) is 0 Å². The molecule has 0 bridgehead atoms. The molecule has 2 aromatic heterocycles. The maximum Gasteiger partial charge on any atom is 0.233 e. The molecule has 0 spiro atoms. The quantitative estimate of drug-likeness (QED) is 0.0605. The number of benzene rings is 7. The molecule has 7 aromatic carbocycles. The van der Waals surface area contributed by atoms with Crippen molar-refractivity contribution in [1.29, 1.82) is 0 Å². The van der Waals surface area contributed by atoms with Crippen LogP contribution >= 0.6 is 11.7 Å². The van der Waals surface area contributed by atoms with Gasteiger partial charge in [0.25, 0.3) is 0 Å². The second kappa shape index (κ2) is 21.5. The molecule has 0 unspecified atom stereocenters. The van der Waals surface area contributed by atoms with Crippen molar-refractivity contribution in [2.45, 2.75) is 71.6 Å². The van der Waals surface area contributed by atoms with Crippen molar-refractivity contribution < 1.29 is 9.59 Å². The van der Waals surface area contributed by atoms with Crippen molar-refractivity contribution in [2.75, 3.05) is 36.0 Å². The van der Waals surface area contributed by atoms with E-state index in [9.17, 15) is 9.59 Å². The Morgan fingerprint density at radius 3 is 1.31 bits per heavy atom. The summed E-state index contributed by atoms with van der Waals surface area (Å²) in [6, 6.07) is 52.3. The number of fused-ring (bicyclic) bond motifs is 4. The van der Waals surface area contributed by atoms with E-state index >= 15 is 0 Å². The predicted octanol–water partition coefficient (Wildman–Crippen LogP) is 14.6. The average molecular weight is 939 g/mol. The zero-order chi connectivity index (χ0) is 47.8. The molecule has 8 nitrogen and oxygen atoms in total. The Morgan fingerprint density at radius 1 is 0.471 bits per heavy atom. The van der Waals surface area contributed by atoms with E-state index in [4.69, 9.17) is 18.7 Å². The van der Waals surface area contributed by atoms with E-state index in [1.807, 2.05) is 12.1 Å². The summed E-state index contributed by atoms with van der Waals surface area (Å²) < 4.78 is 10.1. The highest BCUT2D eigenvalue weighted by Crippen LogP contribution is 2.46. The number of Topliss-reactive ketones (excluding diaryl/α,β-unsaturated/α-hetero) is 2. The molecule has 9 heteroatoms. The van der Waals surface area contributed by atoms with Gasteiger partial charge in [-0.15, -0.1) is 0 Å². The standard InChI is InChI=1S/C47H48N6S.C14H10O2/c1-3-5-13-27-53-29-15-21-35-31-37(23-25-39(35)53)41-45-44(48-42(32-16-9-7-10-17-32)43(49-45)33-18-11-8-12-19-33)40(46-47(41)51-54-50-46)36-22-24-38-34(30-36)20-14-28-52(38)26-6-4-2;15-13(11-7-3-1-4-8-11)14(16)12-9-5-2-6-10-12/h7-12,16-19,22-25,30-31H,3-6,13-15,20-21,26-29H2,1-2H3;1-10H. The molecule has 0 saturated heterocycles. The molecular weight excluding hydrogens is 881 g/mol. The van der Waals surface area contributed by atoms with Crippen LogP contribution in [0.25, 0.3) is 66.8 Å². The lowest BCUT2D eigenvalue weighted by Gasteiger charge is -2.32. The topological polar surface area (TPSA) is 92.2 Å². The van der Waals surface area contributed by atoms with Gasteiger partial charge in [-0.1, -0.05) is 167 Å². The molecule has 11 rings (SSSR count). The Morgan fingerprint density at radius 2 is 0.886 bits per heavy atom. The van der Waals surface area contributed by atoms with Crippen LogP contribution in [0.15, 0.2) is 158 Å². The van der Waals surface area contributed by atoms with Gasteiger partial charge < -0.3 is 9.80 Å². The number of carbonyl (C=O) groups is 2. The molecular formula is C61H58N6O2S. The van der Waals surface area contributed by atoms with E-state index in [0.717, 1.165) is 106 Å². The molecule has 350 valence electrons. The van der Waals surface area contributed by atoms with E-state index in [2.05, 4.69) is 121 Å². The largest absolute Gasteiger partial charge is 0.371 e. The number of carbonyl (C=O) groups excluding carboxylic acids is 2. The smallest absolute Gasteiger partial charge is 0.233 e. The van der Waals surface area contributed by atoms with Gasteiger partial charge in [0.1, 0.15) is 22.1 Å². The second-order valence-corrected chi connectivity index (χ2v) is 18.9. The van der Waals surface area contributed by atoms with E-state index < -0.39 is 11.6 Å². The Labute approximate surface area is 415 Å². The zero-order valence-corrected chi connectivity index (χ0v) is 40.9. The van der Waals surface area contributed by atoms with Gasteiger partial charge in [0.15, 0.2) is 0 Å². The highest BCUT2D eigenvalue weighted by atomic mass is 32.1. The van der Waals surface area contributed by atoms with Crippen LogP contribution in [0.1, 0.15) is 90.6 Å². The lowest BCUT2D eigenvalue weighted by molar-refractivity contribution is 0.0817. The first kappa shape index (κ1) is 46.4. The fourth-order valence-electron chi connectivity index (χ4n) is 10.1. The first-order valence-corrected chi connectivity index (χ1v) is 25.8. The maximum absolute atomic E-state index is 11.8. The zero-order valence-electron chi connectivity index (χ0n) is 40.1. The molecule has 0 radical (unpaired) electrons. The number of unbranched alkanes of at least 4 members (excludes halogenated alkanes) is 3. The lowest BCUT2D eigenvalue weighted by Crippen LogP contribution is -2.30. The minimum Gasteiger partial charge on any atom is -0.371 e. The molecule has 2 aliphatic heterocycles. The summed E-state index contributed by atoms with van der Waals surface area (Å²) in [5.74, 6) is -0.932. The molecule has 0 saturated carbocycles. The SMILES string of the molecule is CCCCCN1CCCc2cc(-c3c4nsnc4c(-c4ccc5c(c4)CCCN5CCCC)c4nc(-c5ccccc5)c(-c5ccccc5)nc34)ccc21.O=C(C(=O)c1ccccc1)c1ccccc1. The van der Waals surface area contributed by atoms with Crippen LogP contribution in [-0.4, -0.2) is 56.5 Å². The highest BCUT2D eigenvalue weighted by molar-refractivity contribution is 7.00.